The lowest BCUT2D eigenvalue weighted by Gasteiger charge is -2.37. The SMILES string of the molecule is O=C(O)c1ccc2c(c1)OCc1ccccc1C2=C1CC2CCC(C1)N2CCc1ccccc1. The van der Waals surface area contributed by atoms with Crippen molar-refractivity contribution in [2.45, 2.75) is 50.8 Å². The molecule has 0 amide bonds. The van der Waals surface area contributed by atoms with Crippen molar-refractivity contribution < 1.29 is 14.6 Å². The molecule has 4 nitrogen and oxygen atoms in total. The van der Waals surface area contributed by atoms with E-state index in [4.69, 9.17) is 4.74 Å². The van der Waals surface area contributed by atoms with Gasteiger partial charge in [0.15, 0.2) is 0 Å². The van der Waals surface area contributed by atoms with Crippen LogP contribution in [0.3, 0.4) is 0 Å². The highest BCUT2D eigenvalue weighted by Crippen LogP contribution is 2.46. The Bertz CT molecular complexity index is 1250. The molecule has 6 rings (SSSR count). The van der Waals surface area contributed by atoms with Crippen LogP contribution >= 0.6 is 0 Å². The van der Waals surface area contributed by atoms with Crippen molar-refractivity contribution in [3.05, 3.63) is 106 Å². The predicted molar refractivity (Wildman–Crippen MR) is 133 cm³/mol. The van der Waals surface area contributed by atoms with Crippen molar-refractivity contribution in [3.8, 4) is 5.75 Å². The molecule has 2 unspecified atom stereocenters. The van der Waals surface area contributed by atoms with E-state index in [0.717, 1.165) is 36.9 Å². The summed E-state index contributed by atoms with van der Waals surface area (Å²) in [6.07, 6.45) is 5.72. The van der Waals surface area contributed by atoms with Gasteiger partial charge in [0.25, 0.3) is 0 Å². The molecule has 34 heavy (non-hydrogen) atoms. The number of fused-ring (bicyclic) bond motifs is 4. The fourth-order valence-electron chi connectivity index (χ4n) is 6.13. The van der Waals surface area contributed by atoms with Gasteiger partial charge in [-0.15, -0.1) is 0 Å². The van der Waals surface area contributed by atoms with E-state index in [1.165, 1.54) is 35.1 Å². The lowest BCUT2D eigenvalue weighted by molar-refractivity contribution is 0.0696. The predicted octanol–water partition coefficient (Wildman–Crippen LogP) is 5.95. The normalized spacial score (nSPS) is 21.4. The van der Waals surface area contributed by atoms with Gasteiger partial charge in [-0.2, -0.15) is 0 Å². The first-order chi connectivity index (χ1) is 16.7. The number of carboxylic acids is 1. The first-order valence-electron chi connectivity index (χ1n) is 12.3. The molecule has 0 aliphatic carbocycles. The van der Waals surface area contributed by atoms with Crippen LogP contribution in [0.1, 0.15) is 58.3 Å². The number of benzene rings is 3. The van der Waals surface area contributed by atoms with Gasteiger partial charge >= 0.3 is 5.97 Å². The van der Waals surface area contributed by atoms with Crippen LogP contribution in [0.15, 0.2) is 78.4 Å². The first-order valence-corrected chi connectivity index (χ1v) is 12.3. The standard InChI is InChI=1S/C30H29NO3/c32-30(33)21-10-13-27-28(18-21)34-19-22-8-4-5-9-26(22)29(27)23-16-24-11-12-25(17-23)31(24)15-14-20-6-2-1-3-7-20/h1-10,13,18,24-25H,11-12,14-17,19H2,(H,32,33). The molecule has 0 saturated carbocycles. The van der Waals surface area contributed by atoms with Gasteiger partial charge in [0.2, 0.25) is 0 Å². The second-order valence-corrected chi connectivity index (χ2v) is 9.71. The largest absolute Gasteiger partial charge is 0.488 e. The number of piperidine rings is 1. The molecule has 4 heteroatoms. The monoisotopic (exact) mass is 451 g/mol. The number of hydrogen-bond donors (Lipinski definition) is 1. The molecule has 2 fully saturated rings. The zero-order valence-corrected chi connectivity index (χ0v) is 19.2. The number of rotatable bonds is 4. The zero-order chi connectivity index (χ0) is 23.1. The summed E-state index contributed by atoms with van der Waals surface area (Å²) in [7, 11) is 0. The van der Waals surface area contributed by atoms with Crippen molar-refractivity contribution in [3.63, 3.8) is 0 Å². The minimum atomic E-state index is -0.924. The molecule has 2 bridgehead atoms. The topological polar surface area (TPSA) is 49.8 Å². The van der Waals surface area contributed by atoms with Gasteiger partial charge in [0.05, 0.1) is 5.56 Å². The van der Waals surface area contributed by atoms with Gasteiger partial charge in [0, 0.05) is 24.2 Å². The number of aromatic carboxylic acids is 1. The smallest absolute Gasteiger partial charge is 0.335 e. The molecule has 3 aliphatic rings. The highest BCUT2D eigenvalue weighted by atomic mass is 16.5. The van der Waals surface area contributed by atoms with Gasteiger partial charge in [-0.25, -0.2) is 4.79 Å². The average Bonchev–Trinajstić information content (AvgIpc) is 3.02. The Morgan fingerprint density at radius 1 is 0.912 bits per heavy atom. The summed E-state index contributed by atoms with van der Waals surface area (Å²) in [5.74, 6) is -0.246. The third-order valence-electron chi connectivity index (χ3n) is 7.76. The van der Waals surface area contributed by atoms with Gasteiger partial charge in [-0.05, 0) is 72.6 Å². The average molecular weight is 452 g/mol. The molecular weight excluding hydrogens is 422 g/mol. The summed E-state index contributed by atoms with van der Waals surface area (Å²) < 4.78 is 6.16. The fraction of sp³-hybridized carbons (Fsp3) is 0.300. The maximum Gasteiger partial charge on any atom is 0.335 e. The Morgan fingerprint density at radius 3 is 2.41 bits per heavy atom. The lowest BCUT2D eigenvalue weighted by Crippen LogP contribution is -2.41. The van der Waals surface area contributed by atoms with Gasteiger partial charge < -0.3 is 9.84 Å². The quantitative estimate of drug-likeness (QED) is 0.533. The van der Waals surface area contributed by atoms with E-state index >= 15 is 0 Å². The number of carboxylic acid groups (broad SMARTS) is 1. The maximum atomic E-state index is 11.6. The molecule has 0 radical (unpaired) electrons. The Labute approximate surface area is 200 Å². The molecule has 172 valence electrons. The van der Waals surface area contributed by atoms with E-state index in [1.54, 1.807) is 12.1 Å². The third-order valence-corrected chi connectivity index (χ3v) is 7.76. The van der Waals surface area contributed by atoms with E-state index in [0.29, 0.717) is 24.4 Å². The van der Waals surface area contributed by atoms with E-state index in [2.05, 4.69) is 59.5 Å². The molecule has 3 aromatic rings. The Kier molecular flexibility index (Phi) is 5.46. The zero-order valence-electron chi connectivity index (χ0n) is 19.2. The summed E-state index contributed by atoms with van der Waals surface area (Å²) in [5, 5.41) is 9.51. The minimum Gasteiger partial charge on any atom is -0.488 e. The molecule has 3 aromatic carbocycles. The van der Waals surface area contributed by atoms with Crippen molar-refractivity contribution in [2.75, 3.05) is 6.54 Å². The summed E-state index contributed by atoms with van der Waals surface area (Å²) >= 11 is 0. The van der Waals surface area contributed by atoms with Crippen LogP contribution in [-0.2, 0) is 13.0 Å². The van der Waals surface area contributed by atoms with Crippen LogP contribution in [0.25, 0.3) is 5.57 Å². The summed E-state index contributed by atoms with van der Waals surface area (Å²) in [6.45, 7) is 1.57. The first kappa shape index (κ1) is 21.2. The van der Waals surface area contributed by atoms with E-state index in [1.807, 2.05) is 6.07 Å². The Hall–Kier alpha value is -3.37. The molecule has 2 saturated heterocycles. The minimum absolute atomic E-state index is 0.268. The van der Waals surface area contributed by atoms with Crippen LogP contribution in [0.5, 0.6) is 5.75 Å². The lowest BCUT2D eigenvalue weighted by atomic mass is 9.84. The second-order valence-electron chi connectivity index (χ2n) is 9.71. The summed E-state index contributed by atoms with van der Waals surface area (Å²) in [6, 6.07) is 25.8. The van der Waals surface area contributed by atoms with Crippen LogP contribution in [0.4, 0.5) is 0 Å². The maximum absolute atomic E-state index is 11.6. The fourth-order valence-corrected chi connectivity index (χ4v) is 6.13. The highest BCUT2D eigenvalue weighted by Gasteiger charge is 2.39. The van der Waals surface area contributed by atoms with Crippen molar-refractivity contribution in [1.29, 1.82) is 0 Å². The summed E-state index contributed by atoms with van der Waals surface area (Å²) in [4.78, 5) is 14.3. The van der Waals surface area contributed by atoms with Gasteiger partial charge in [-0.3, -0.25) is 4.90 Å². The van der Waals surface area contributed by atoms with Crippen LogP contribution < -0.4 is 4.74 Å². The summed E-state index contributed by atoms with van der Waals surface area (Å²) in [5.41, 5.74) is 7.86. The van der Waals surface area contributed by atoms with Crippen molar-refractivity contribution in [1.82, 2.24) is 4.90 Å². The van der Waals surface area contributed by atoms with E-state index < -0.39 is 5.97 Å². The van der Waals surface area contributed by atoms with Crippen LogP contribution in [0.2, 0.25) is 0 Å². The van der Waals surface area contributed by atoms with Gasteiger partial charge in [0.1, 0.15) is 12.4 Å². The van der Waals surface area contributed by atoms with Crippen molar-refractivity contribution >= 4 is 11.5 Å². The number of hydrogen-bond acceptors (Lipinski definition) is 3. The molecule has 3 heterocycles. The Morgan fingerprint density at radius 2 is 1.65 bits per heavy atom. The molecule has 0 spiro atoms. The highest BCUT2D eigenvalue weighted by molar-refractivity contribution is 5.92. The van der Waals surface area contributed by atoms with Crippen LogP contribution in [0, 0.1) is 0 Å². The van der Waals surface area contributed by atoms with E-state index in [9.17, 15) is 9.90 Å². The van der Waals surface area contributed by atoms with Gasteiger partial charge in [-0.1, -0.05) is 60.2 Å². The second kappa shape index (κ2) is 8.77. The van der Waals surface area contributed by atoms with E-state index in [-0.39, 0.29) is 5.56 Å². The molecule has 0 aromatic heterocycles. The molecule has 2 atom stereocenters. The third kappa shape index (κ3) is 3.82. The molecule has 1 N–H and O–H groups in total. The number of ether oxygens (including phenoxy) is 1. The molecular formula is C30H29NO3. The van der Waals surface area contributed by atoms with Crippen LogP contribution in [-0.4, -0.2) is 34.6 Å². The number of carbonyl (C=O) groups is 1. The Balaban J connectivity index is 1.37. The number of nitrogens with zero attached hydrogens (tertiary/aromatic N) is 1. The van der Waals surface area contributed by atoms with Crippen molar-refractivity contribution in [2.24, 2.45) is 0 Å². The molecule has 3 aliphatic heterocycles.